The molecule has 3 aromatic heterocycles. The van der Waals surface area contributed by atoms with Crippen molar-refractivity contribution in [2.75, 3.05) is 40.0 Å². The number of carbonyl (C=O) groups excluding carboxylic acids is 1. The summed E-state index contributed by atoms with van der Waals surface area (Å²) >= 11 is 1.54. The lowest BCUT2D eigenvalue weighted by atomic mass is 10.2. The van der Waals surface area contributed by atoms with Gasteiger partial charge in [0, 0.05) is 37.3 Å². The molecule has 0 N–H and O–H groups in total. The molecule has 1 aliphatic heterocycles. The van der Waals surface area contributed by atoms with Crippen molar-refractivity contribution in [2.24, 2.45) is 0 Å². The van der Waals surface area contributed by atoms with Gasteiger partial charge in [-0.05, 0) is 31.2 Å². The fraction of sp³-hybridized carbons (Fsp3) is 0.400. The molecule has 1 aliphatic rings. The lowest BCUT2D eigenvalue weighted by molar-refractivity contribution is 0.0365. The van der Waals surface area contributed by atoms with E-state index in [-0.39, 0.29) is 5.78 Å². The van der Waals surface area contributed by atoms with E-state index in [2.05, 4.69) is 27.4 Å². The zero-order chi connectivity index (χ0) is 18.8. The van der Waals surface area contributed by atoms with Crippen molar-refractivity contribution in [3.63, 3.8) is 0 Å². The zero-order valence-corrected chi connectivity index (χ0v) is 16.4. The maximum absolute atomic E-state index is 12.8. The summed E-state index contributed by atoms with van der Waals surface area (Å²) in [7, 11) is 1.59. The van der Waals surface area contributed by atoms with Gasteiger partial charge in [-0.3, -0.25) is 9.69 Å². The highest BCUT2D eigenvalue weighted by Crippen LogP contribution is 2.30. The normalized spacial score (nSPS) is 15.3. The maximum Gasteiger partial charge on any atom is 0.221 e. The first-order valence-corrected chi connectivity index (χ1v) is 9.92. The highest BCUT2D eigenvalue weighted by atomic mass is 32.1. The van der Waals surface area contributed by atoms with Crippen LogP contribution in [0.1, 0.15) is 21.1 Å². The Morgan fingerprint density at radius 1 is 1.26 bits per heavy atom. The first kappa shape index (κ1) is 18.2. The van der Waals surface area contributed by atoms with E-state index in [1.807, 2.05) is 6.07 Å². The highest BCUT2D eigenvalue weighted by Gasteiger charge is 2.18. The second kappa shape index (κ2) is 7.80. The van der Waals surface area contributed by atoms with Crippen LogP contribution in [0.2, 0.25) is 0 Å². The number of nitrogens with zero attached hydrogens (tertiary/aromatic N) is 3. The second-order valence-corrected chi connectivity index (χ2v) is 7.71. The van der Waals surface area contributed by atoms with E-state index in [4.69, 9.17) is 9.47 Å². The van der Waals surface area contributed by atoms with Crippen molar-refractivity contribution >= 4 is 27.3 Å². The number of thiophene rings is 1. The number of aromatic nitrogens is 2. The molecule has 7 heteroatoms. The van der Waals surface area contributed by atoms with E-state index in [1.54, 1.807) is 36.8 Å². The minimum absolute atomic E-state index is 0.0452. The lowest BCUT2D eigenvalue weighted by Gasteiger charge is -2.26. The maximum atomic E-state index is 12.8. The van der Waals surface area contributed by atoms with Gasteiger partial charge in [-0.2, -0.15) is 0 Å². The van der Waals surface area contributed by atoms with Crippen LogP contribution in [0.25, 0.3) is 10.2 Å². The van der Waals surface area contributed by atoms with E-state index in [0.717, 1.165) is 54.5 Å². The third-order valence-electron chi connectivity index (χ3n) is 4.95. The van der Waals surface area contributed by atoms with Crippen LogP contribution in [0.4, 0.5) is 0 Å². The van der Waals surface area contributed by atoms with Gasteiger partial charge in [0.1, 0.15) is 16.3 Å². The van der Waals surface area contributed by atoms with Crippen LogP contribution < -0.4 is 4.74 Å². The number of aryl methyl sites for hydroxylation is 1. The third kappa shape index (κ3) is 3.76. The predicted molar refractivity (Wildman–Crippen MR) is 106 cm³/mol. The van der Waals surface area contributed by atoms with Crippen molar-refractivity contribution in [1.82, 2.24) is 14.5 Å². The second-order valence-electron chi connectivity index (χ2n) is 6.67. The van der Waals surface area contributed by atoms with Crippen LogP contribution in [0.15, 0.2) is 30.5 Å². The molecule has 0 saturated carbocycles. The van der Waals surface area contributed by atoms with Gasteiger partial charge in [-0.15, -0.1) is 11.3 Å². The van der Waals surface area contributed by atoms with Gasteiger partial charge in [0.15, 0.2) is 0 Å². The van der Waals surface area contributed by atoms with Gasteiger partial charge in [-0.1, -0.05) is 0 Å². The van der Waals surface area contributed by atoms with Crippen LogP contribution in [-0.4, -0.2) is 60.2 Å². The number of carbonyl (C=O) groups is 1. The van der Waals surface area contributed by atoms with E-state index in [1.165, 1.54) is 5.69 Å². The topological polar surface area (TPSA) is 56.6 Å². The predicted octanol–water partition coefficient (Wildman–Crippen LogP) is 2.98. The highest BCUT2D eigenvalue weighted by molar-refractivity contribution is 7.20. The fourth-order valence-corrected chi connectivity index (χ4v) is 4.56. The molecule has 0 atom stereocenters. The summed E-state index contributed by atoms with van der Waals surface area (Å²) in [5, 5.41) is 1.12. The summed E-state index contributed by atoms with van der Waals surface area (Å²) in [6, 6.07) is 7.61. The SMILES string of the molecule is COc1ccc(C(=O)c2cc3cc(C)n(CCN4CCOCC4)c3s2)nc1. The number of fused-ring (bicyclic) bond motifs is 1. The molecule has 1 fully saturated rings. The van der Waals surface area contributed by atoms with Crippen LogP contribution >= 0.6 is 11.3 Å². The molecule has 0 aromatic carbocycles. The Morgan fingerprint density at radius 2 is 2.07 bits per heavy atom. The van der Waals surface area contributed by atoms with Crippen LogP contribution in [0.5, 0.6) is 5.75 Å². The molecular weight excluding hydrogens is 362 g/mol. The molecule has 0 amide bonds. The summed E-state index contributed by atoms with van der Waals surface area (Å²) in [5.41, 5.74) is 1.67. The first-order valence-electron chi connectivity index (χ1n) is 9.10. The Morgan fingerprint density at radius 3 is 2.78 bits per heavy atom. The van der Waals surface area contributed by atoms with Crippen molar-refractivity contribution < 1.29 is 14.3 Å². The molecule has 0 bridgehead atoms. The first-order chi connectivity index (χ1) is 13.2. The van der Waals surface area contributed by atoms with E-state index >= 15 is 0 Å². The summed E-state index contributed by atoms with van der Waals surface area (Å²) in [6.07, 6.45) is 1.58. The Kier molecular flexibility index (Phi) is 5.24. The van der Waals surface area contributed by atoms with Crippen molar-refractivity contribution in [3.05, 3.63) is 46.7 Å². The summed E-state index contributed by atoms with van der Waals surface area (Å²) in [4.78, 5) is 21.3. The average molecular weight is 385 g/mol. The number of ether oxygens (including phenoxy) is 2. The fourth-order valence-electron chi connectivity index (χ4n) is 3.39. The molecule has 4 rings (SSSR count). The molecule has 27 heavy (non-hydrogen) atoms. The molecule has 0 spiro atoms. The van der Waals surface area contributed by atoms with Crippen LogP contribution in [0.3, 0.4) is 0 Å². The van der Waals surface area contributed by atoms with Gasteiger partial charge in [0.25, 0.3) is 0 Å². The Bertz CT molecular complexity index is 939. The van der Waals surface area contributed by atoms with Gasteiger partial charge >= 0.3 is 0 Å². The molecule has 1 saturated heterocycles. The number of hydrogen-bond acceptors (Lipinski definition) is 6. The third-order valence-corrected chi connectivity index (χ3v) is 6.12. The largest absolute Gasteiger partial charge is 0.495 e. The summed E-state index contributed by atoms with van der Waals surface area (Å²) < 4.78 is 12.8. The van der Waals surface area contributed by atoms with Crippen LogP contribution in [-0.2, 0) is 11.3 Å². The van der Waals surface area contributed by atoms with Crippen molar-refractivity contribution in [2.45, 2.75) is 13.5 Å². The molecule has 3 aromatic rings. The molecule has 6 nitrogen and oxygen atoms in total. The molecular formula is C20H23N3O3S. The smallest absolute Gasteiger partial charge is 0.221 e. The Hall–Kier alpha value is -2.22. The molecule has 0 aliphatic carbocycles. The number of hydrogen-bond donors (Lipinski definition) is 0. The van der Waals surface area contributed by atoms with Gasteiger partial charge in [-0.25, -0.2) is 4.98 Å². The van der Waals surface area contributed by atoms with Gasteiger partial charge < -0.3 is 14.0 Å². The molecule has 142 valence electrons. The molecule has 0 unspecified atom stereocenters. The van der Waals surface area contributed by atoms with E-state index in [9.17, 15) is 4.79 Å². The van der Waals surface area contributed by atoms with E-state index in [0.29, 0.717) is 11.4 Å². The number of morpholine rings is 1. The monoisotopic (exact) mass is 385 g/mol. The minimum Gasteiger partial charge on any atom is -0.495 e. The summed E-state index contributed by atoms with van der Waals surface area (Å²) in [6.45, 7) is 7.64. The van der Waals surface area contributed by atoms with Gasteiger partial charge in [0.05, 0.1) is 31.4 Å². The summed E-state index contributed by atoms with van der Waals surface area (Å²) in [5.74, 6) is 0.601. The van der Waals surface area contributed by atoms with E-state index < -0.39 is 0 Å². The van der Waals surface area contributed by atoms with Gasteiger partial charge in [0.2, 0.25) is 5.78 Å². The lowest BCUT2D eigenvalue weighted by Crippen LogP contribution is -2.38. The quantitative estimate of drug-likeness (QED) is 0.611. The average Bonchev–Trinajstić information content (AvgIpc) is 3.24. The zero-order valence-electron chi connectivity index (χ0n) is 15.6. The number of ketones is 1. The standard InChI is InChI=1S/C20H23N3O3S/c1-14-11-15-12-18(19(24)17-4-3-16(25-2)13-21-17)27-20(15)23(14)6-5-22-7-9-26-10-8-22/h3-4,11-13H,5-10H2,1-2H3. The number of methoxy groups -OCH3 is 1. The molecule has 4 heterocycles. The molecule has 0 radical (unpaired) electrons. The van der Waals surface area contributed by atoms with Crippen molar-refractivity contribution in [1.29, 1.82) is 0 Å². The van der Waals surface area contributed by atoms with Crippen LogP contribution in [0, 0.1) is 6.92 Å². The number of rotatable bonds is 6. The number of pyridine rings is 1. The Labute approximate surface area is 162 Å². The minimum atomic E-state index is -0.0452. The Balaban J connectivity index is 1.54. The van der Waals surface area contributed by atoms with Crippen molar-refractivity contribution in [3.8, 4) is 5.75 Å².